The number of anilines is 1. The van der Waals surface area contributed by atoms with Crippen molar-refractivity contribution in [2.75, 3.05) is 11.4 Å². The predicted molar refractivity (Wildman–Crippen MR) is 85.8 cm³/mol. The molecule has 0 aliphatic carbocycles. The van der Waals surface area contributed by atoms with Gasteiger partial charge in [-0.05, 0) is 41.1 Å². The number of aliphatic carboxylic acids is 1. The molecule has 0 bridgehead atoms. The molecule has 0 saturated carbocycles. The van der Waals surface area contributed by atoms with Crippen LogP contribution in [0.2, 0.25) is 5.02 Å². The first kappa shape index (κ1) is 15.9. The zero-order valence-electron chi connectivity index (χ0n) is 11.7. The summed E-state index contributed by atoms with van der Waals surface area (Å²) < 4.78 is 2.64. The summed E-state index contributed by atoms with van der Waals surface area (Å²) in [5, 5.41) is 14.0. The van der Waals surface area contributed by atoms with E-state index in [9.17, 15) is 4.79 Å². The van der Waals surface area contributed by atoms with Crippen LogP contribution >= 0.6 is 27.5 Å². The number of rotatable bonds is 5. The van der Waals surface area contributed by atoms with Crippen LogP contribution in [0.25, 0.3) is 0 Å². The number of carbonyl (C=O) groups is 1. The van der Waals surface area contributed by atoms with Crippen molar-refractivity contribution >= 4 is 39.2 Å². The van der Waals surface area contributed by atoms with Crippen LogP contribution in [0.3, 0.4) is 0 Å². The van der Waals surface area contributed by atoms with E-state index in [0.717, 1.165) is 21.5 Å². The molecule has 0 fully saturated rings. The maximum absolute atomic E-state index is 11.1. The minimum atomic E-state index is -0.898. The Kier molecular flexibility index (Phi) is 4.90. The topological polar surface area (TPSA) is 58.4 Å². The average molecular weight is 373 g/mol. The Morgan fingerprint density at radius 1 is 1.52 bits per heavy atom. The van der Waals surface area contributed by atoms with E-state index in [1.807, 2.05) is 20.0 Å². The first-order chi connectivity index (χ1) is 9.88. The van der Waals surface area contributed by atoms with Gasteiger partial charge in [-0.2, -0.15) is 5.10 Å². The number of carboxylic acid groups (broad SMARTS) is 1. The van der Waals surface area contributed by atoms with Crippen molar-refractivity contribution in [1.29, 1.82) is 0 Å². The summed E-state index contributed by atoms with van der Waals surface area (Å²) in [5.74, 6) is -0.898. The highest BCUT2D eigenvalue weighted by Gasteiger charge is 2.17. The lowest BCUT2D eigenvalue weighted by Crippen LogP contribution is -2.30. The minimum absolute atomic E-state index is 0.114. The molecular weight excluding hydrogens is 358 g/mol. The van der Waals surface area contributed by atoms with Crippen LogP contribution in [0.5, 0.6) is 0 Å². The molecule has 0 atom stereocenters. The summed E-state index contributed by atoms with van der Waals surface area (Å²) >= 11 is 9.49. The molecule has 2 aromatic rings. The SMILES string of the molecule is Cc1nn(C)c(CN(CC(=O)O)c2cccc(Cl)c2)c1Br. The van der Waals surface area contributed by atoms with Crippen molar-refractivity contribution in [3.8, 4) is 0 Å². The fraction of sp³-hybridized carbons (Fsp3) is 0.286. The second-order valence-corrected chi connectivity index (χ2v) is 5.93. The standard InChI is InChI=1S/C14H15BrClN3O2/c1-9-14(15)12(18(2)17-9)7-19(8-13(20)21)11-5-3-4-10(16)6-11/h3-6H,7-8H2,1-2H3,(H,20,21). The molecule has 1 N–H and O–H groups in total. The van der Waals surface area contributed by atoms with Gasteiger partial charge in [0.25, 0.3) is 0 Å². The Balaban J connectivity index is 2.35. The van der Waals surface area contributed by atoms with Crippen LogP contribution in [-0.2, 0) is 18.4 Å². The first-order valence-corrected chi connectivity index (χ1v) is 7.46. The number of aromatic nitrogens is 2. The third-order valence-electron chi connectivity index (χ3n) is 3.10. The summed E-state index contributed by atoms with van der Waals surface area (Å²) in [6.45, 7) is 2.20. The van der Waals surface area contributed by atoms with Gasteiger partial charge in [-0.3, -0.25) is 9.48 Å². The van der Waals surface area contributed by atoms with Crippen LogP contribution in [0, 0.1) is 6.92 Å². The Morgan fingerprint density at radius 3 is 2.76 bits per heavy atom. The molecule has 2 rings (SSSR count). The lowest BCUT2D eigenvalue weighted by molar-refractivity contribution is -0.135. The summed E-state index contributed by atoms with van der Waals surface area (Å²) in [6.07, 6.45) is 0. The summed E-state index contributed by atoms with van der Waals surface area (Å²) in [5.41, 5.74) is 2.54. The molecule has 0 spiro atoms. The highest BCUT2D eigenvalue weighted by Crippen LogP contribution is 2.25. The number of hydrogen-bond donors (Lipinski definition) is 1. The fourth-order valence-corrected chi connectivity index (χ4v) is 2.75. The first-order valence-electron chi connectivity index (χ1n) is 6.28. The van der Waals surface area contributed by atoms with Crippen LogP contribution < -0.4 is 4.90 Å². The van der Waals surface area contributed by atoms with E-state index in [4.69, 9.17) is 16.7 Å². The molecule has 1 aromatic carbocycles. The van der Waals surface area contributed by atoms with E-state index in [-0.39, 0.29) is 6.54 Å². The molecule has 21 heavy (non-hydrogen) atoms. The van der Waals surface area contributed by atoms with E-state index in [1.165, 1.54) is 0 Å². The van der Waals surface area contributed by atoms with Crippen molar-refractivity contribution in [2.24, 2.45) is 7.05 Å². The Morgan fingerprint density at radius 2 is 2.24 bits per heavy atom. The number of aryl methyl sites for hydroxylation is 2. The Bertz CT molecular complexity index is 672. The zero-order valence-corrected chi connectivity index (χ0v) is 14.0. The Hall–Kier alpha value is -1.53. The Labute approximate surface area is 136 Å². The predicted octanol–water partition coefficient (Wildman–Crippen LogP) is 3.24. The molecular formula is C14H15BrClN3O2. The van der Waals surface area contributed by atoms with Gasteiger partial charge in [0.1, 0.15) is 6.54 Å². The summed E-state index contributed by atoms with van der Waals surface area (Å²) in [4.78, 5) is 12.9. The number of hydrogen-bond acceptors (Lipinski definition) is 3. The van der Waals surface area contributed by atoms with E-state index >= 15 is 0 Å². The summed E-state index contributed by atoms with van der Waals surface area (Å²) in [7, 11) is 1.84. The van der Waals surface area contributed by atoms with Crippen LogP contribution in [-0.4, -0.2) is 27.4 Å². The molecule has 5 nitrogen and oxygen atoms in total. The third kappa shape index (κ3) is 3.77. The average Bonchev–Trinajstić information content (AvgIpc) is 2.64. The van der Waals surface area contributed by atoms with Gasteiger partial charge in [-0.25, -0.2) is 0 Å². The van der Waals surface area contributed by atoms with E-state index in [0.29, 0.717) is 11.6 Å². The van der Waals surface area contributed by atoms with Gasteiger partial charge < -0.3 is 10.0 Å². The molecule has 1 heterocycles. The highest BCUT2D eigenvalue weighted by molar-refractivity contribution is 9.10. The molecule has 0 aliphatic rings. The smallest absolute Gasteiger partial charge is 0.323 e. The lowest BCUT2D eigenvalue weighted by Gasteiger charge is -2.23. The second kappa shape index (κ2) is 6.49. The summed E-state index contributed by atoms with van der Waals surface area (Å²) in [6, 6.07) is 7.15. The van der Waals surface area contributed by atoms with Crippen LogP contribution in [0.15, 0.2) is 28.7 Å². The molecule has 0 amide bonds. The van der Waals surface area contributed by atoms with Crippen molar-refractivity contribution in [1.82, 2.24) is 9.78 Å². The highest BCUT2D eigenvalue weighted by atomic mass is 79.9. The van der Waals surface area contributed by atoms with Gasteiger partial charge in [0, 0.05) is 17.8 Å². The maximum Gasteiger partial charge on any atom is 0.323 e. The van der Waals surface area contributed by atoms with Gasteiger partial charge in [0.15, 0.2) is 0 Å². The minimum Gasteiger partial charge on any atom is -0.480 e. The molecule has 0 aliphatic heterocycles. The van der Waals surface area contributed by atoms with Gasteiger partial charge in [0.2, 0.25) is 0 Å². The molecule has 0 saturated heterocycles. The number of nitrogens with zero attached hydrogens (tertiary/aromatic N) is 3. The zero-order chi connectivity index (χ0) is 15.6. The number of halogens is 2. The van der Waals surface area contributed by atoms with Crippen molar-refractivity contribution in [3.63, 3.8) is 0 Å². The normalized spacial score (nSPS) is 10.7. The maximum atomic E-state index is 11.1. The number of carboxylic acids is 1. The van der Waals surface area contributed by atoms with Crippen LogP contribution in [0.1, 0.15) is 11.4 Å². The van der Waals surface area contributed by atoms with E-state index in [1.54, 1.807) is 27.8 Å². The molecule has 1 aromatic heterocycles. The van der Waals surface area contributed by atoms with Gasteiger partial charge in [-0.15, -0.1) is 0 Å². The molecule has 0 radical (unpaired) electrons. The van der Waals surface area contributed by atoms with Gasteiger partial charge in [0.05, 0.1) is 22.4 Å². The van der Waals surface area contributed by atoms with Crippen LogP contribution in [0.4, 0.5) is 5.69 Å². The van der Waals surface area contributed by atoms with E-state index in [2.05, 4.69) is 21.0 Å². The largest absolute Gasteiger partial charge is 0.480 e. The third-order valence-corrected chi connectivity index (χ3v) is 4.37. The monoisotopic (exact) mass is 371 g/mol. The van der Waals surface area contributed by atoms with Gasteiger partial charge >= 0.3 is 5.97 Å². The van der Waals surface area contributed by atoms with E-state index < -0.39 is 5.97 Å². The number of benzene rings is 1. The molecule has 0 unspecified atom stereocenters. The second-order valence-electron chi connectivity index (χ2n) is 4.70. The fourth-order valence-electron chi connectivity index (χ4n) is 2.11. The van der Waals surface area contributed by atoms with Gasteiger partial charge in [-0.1, -0.05) is 17.7 Å². The van der Waals surface area contributed by atoms with Crippen molar-refractivity contribution < 1.29 is 9.90 Å². The quantitative estimate of drug-likeness (QED) is 0.875. The molecule has 7 heteroatoms. The molecule has 112 valence electrons. The van der Waals surface area contributed by atoms with Crippen molar-refractivity contribution in [3.05, 3.63) is 45.1 Å². The lowest BCUT2D eigenvalue weighted by atomic mass is 10.2. The van der Waals surface area contributed by atoms with Crippen molar-refractivity contribution in [2.45, 2.75) is 13.5 Å².